The van der Waals surface area contributed by atoms with Crippen LogP contribution < -0.4 is 5.32 Å². The third kappa shape index (κ3) is 73.3. The van der Waals surface area contributed by atoms with E-state index in [2.05, 4.69) is 43.5 Å². The molecule has 2 atom stereocenters. The van der Waals surface area contributed by atoms with E-state index in [1.54, 1.807) is 0 Å². The number of aliphatic hydroxyl groups is 2. The van der Waals surface area contributed by atoms with Gasteiger partial charge in [0.05, 0.1) is 25.4 Å². The van der Waals surface area contributed by atoms with Gasteiger partial charge in [0.1, 0.15) is 0 Å². The number of allylic oxidation sites excluding steroid dienone is 4. The van der Waals surface area contributed by atoms with Crippen LogP contribution in [0.5, 0.6) is 0 Å². The number of rotatable bonds is 76. The van der Waals surface area contributed by atoms with Crippen LogP contribution in [0.25, 0.3) is 0 Å². The van der Waals surface area contributed by atoms with Crippen molar-refractivity contribution in [1.29, 1.82) is 0 Å². The average molecular weight is 1230 g/mol. The number of unbranched alkanes of at least 4 members (excludes halogenated alkanes) is 61. The lowest BCUT2D eigenvalue weighted by molar-refractivity contribution is -0.143. The number of hydrogen-bond donors (Lipinski definition) is 3. The van der Waals surface area contributed by atoms with Crippen molar-refractivity contribution in [2.24, 2.45) is 0 Å². The molecular weight excluding hydrogens is 1070 g/mol. The predicted molar refractivity (Wildman–Crippen MR) is 384 cm³/mol. The van der Waals surface area contributed by atoms with E-state index in [1.165, 1.54) is 379 Å². The molecule has 0 aliphatic heterocycles. The first kappa shape index (κ1) is 85.3. The second-order valence-electron chi connectivity index (χ2n) is 27.8. The molecule has 0 saturated heterocycles. The summed E-state index contributed by atoms with van der Waals surface area (Å²) >= 11 is 0. The van der Waals surface area contributed by atoms with Gasteiger partial charge in [0.2, 0.25) is 5.91 Å². The number of esters is 1. The largest absolute Gasteiger partial charge is 0.466 e. The molecule has 3 N–H and O–H groups in total. The van der Waals surface area contributed by atoms with Gasteiger partial charge < -0.3 is 20.3 Å². The monoisotopic (exact) mass is 1220 g/mol. The molecule has 0 bridgehead atoms. The number of aliphatic hydroxyl groups excluding tert-OH is 2. The Morgan fingerprint density at radius 1 is 0.322 bits per heavy atom. The summed E-state index contributed by atoms with van der Waals surface area (Å²) in [5.41, 5.74) is 0. The summed E-state index contributed by atoms with van der Waals surface area (Å²) in [4.78, 5) is 24.6. The summed E-state index contributed by atoms with van der Waals surface area (Å²) in [6.45, 7) is 5.01. The summed E-state index contributed by atoms with van der Waals surface area (Å²) in [5.74, 6) is -0.00472. The minimum Gasteiger partial charge on any atom is -0.466 e. The Hall–Kier alpha value is -1.66. The molecule has 6 heteroatoms. The van der Waals surface area contributed by atoms with Gasteiger partial charge in [0, 0.05) is 12.8 Å². The van der Waals surface area contributed by atoms with E-state index >= 15 is 0 Å². The third-order valence-electron chi connectivity index (χ3n) is 19.0. The minimum atomic E-state index is -0.662. The van der Waals surface area contributed by atoms with Crippen LogP contribution in [0.15, 0.2) is 24.3 Å². The molecule has 87 heavy (non-hydrogen) atoms. The number of carbonyl (C=O) groups excluding carboxylic acids is 2. The lowest BCUT2D eigenvalue weighted by Gasteiger charge is -2.22. The van der Waals surface area contributed by atoms with Crippen molar-refractivity contribution in [3.63, 3.8) is 0 Å². The highest BCUT2D eigenvalue weighted by atomic mass is 16.5. The number of ether oxygens (including phenoxy) is 1. The first-order chi connectivity index (χ1) is 43.0. The molecule has 0 aliphatic rings. The molecule has 516 valence electrons. The van der Waals surface area contributed by atoms with Crippen LogP contribution in [-0.4, -0.2) is 47.4 Å². The van der Waals surface area contributed by atoms with Gasteiger partial charge in [-0.3, -0.25) is 9.59 Å². The summed E-state index contributed by atoms with van der Waals surface area (Å²) in [6.07, 6.45) is 98.5. The van der Waals surface area contributed by atoms with Crippen LogP contribution in [0, 0.1) is 0 Å². The minimum absolute atomic E-state index is 0.0232. The number of hydrogen-bond acceptors (Lipinski definition) is 5. The van der Waals surface area contributed by atoms with Gasteiger partial charge >= 0.3 is 5.97 Å². The fourth-order valence-corrected chi connectivity index (χ4v) is 12.9. The highest BCUT2D eigenvalue weighted by Gasteiger charge is 2.20. The molecule has 0 aromatic rings. The van der Waals surface area contributed by atoms with Crippen LogP contribution in [0.3, 0.4) is 0 Å². The van der Waals surface area contributed by atoms with Crippen molar-refractivity contribution in [2.75, 3.05) is 13.2 Å². The van der Waals surface area contributed by atoms with Gasteiger partial charge in [0.15, 0.2) is 0 Å². The molecule has 0 aromatic heterocycles. The highest BCUT2D eigenvalue weighted by Crippen LogP contribution is 2.20. The maximum Gasteiger partial charge on any atom is 0.305 e. The van der Waals surface area contributed by atoms with Gasteiger partial charge in [-0.05, 0) is 57.8 Å². The van der Waals surface area contributed by atoms with Crippen LogP contribution in [0.4, 0.5) is 0 Å². The van der Waals surface area contributed by atoms with E-state index in [0.29, 0.717) is 25.9 Å². The Balaban J connectivity index is 3.34. The molecular formula is C81H157NO5. The number of carbonyl (C=O) groups is 2. The fourth-order valence-electron chi connectivity index (χ4n) is 12.9. The Morgan fingerprint density at radius 3 is 0.874 bits per heavy atom. The summed E-state index contributed by atoms with van der Waals surface area (Å²) in [5, 5.41) is 23.4. The van der Waals surface area contributed by atoms with E-state index in [4.69, 9.17) is 4.74 Å². The molecule has 0 aromatic carbocycles. The van der Waals surface area contributed by atoms with Crippen LogP contribution in [0.2, 0.25) is 0 Å². The maximum atomic E-state index is 12.5. The van der Waals surface area contributed by atoms with Gasteiger partial charge in [0.25, 0.3) is 0 Å². The number of amides is 1. The van der Waals surface area contributed by atoms with Gasteiger partial charge in [-0.15, -0.1) is 0 Å². The molecule has 0 fully saturated rings. The second-order valence-corrected chi connectivity index (χ2v) is 27.8. The molecule has 0 rings (SSSR count). The zero-order valence-electron chi connectivity index (χ0n) is 59.3. The Labute approximate surface area is 545 Å². The standard InChI is InChI=1S/C81H157NO5/c1-3-5-7-9-11-13-15-17-19-42-45-49-53-57-61-65-69-73-79(84)78(77-83)82-80(85)74-70-66-62-58-54-50-46-43-40-38-36-34-32-30-28-26-24-22-21-23-25-27-29-31-33-35-37-39-41-44-48-52-56-60-64-68-72-76-87-81(86)75-71-67-63-59-55-51-47-20-18-16-14-12-10-8-6-4-2/h21,23,27,29,78-79,83-84H,3-20,22,24-26,28,30-77H2,1-2H3,(H,82,85)/b23-21-,29-27-. The van der Waals surface area contributed by atoms with E-state index in [9.17, 15) is 19.8 Å². The van der Waals surface area contributed by atoms with E-state index in [-0.39, 0.29) is 18.5 Å². The van der Waals surface area contributed by atoms with Crippen molar-refractivity contribution >= 4 is 11.9 Å². The molecule has 2 unspecified atom stereocenters. The lowest BCUT2D eigenvalue weighted by atomic mass is 10.0. The fraction of sp³-hybridized carbons (Fsp3) is 0.926. The van der Waals surface area contributed by atoms with Gasteiger partial charge in [-0.1, -0.05) is 411 Å². The molecule has 0 spiro atoms. The molecule has 0 radical (unpaired) electrons. The van der Waals surface area contributed by atoms with E-state index in [0.717, 1.165) is 44.9 Å². The highest BCUT2D eigenvalue weighted by molar-refractivity contribution is 5.76. The van der Waals surface area contributed by atoms with Gasteiger partial charge in [-0.25, -0.2) is 0 Å². The average Bonchev–Trinajstić information content (AvgIpc) is 3.54. The predicted octanol–water partition coefficient (Wildman–Crippen LogP) is 26.4. The van der Waals surface area contributed by atoms with Crippen molar-refractivity contribution in [2.45, 2.75) is 469 Å². The smallest absolute Gasteiger partial charge is 0.305 e. The van der Waals surface area contributed by atoms with Crippen LogP contribution in [-0.2, 0) is 14.3 Å². The number of nitrogens with one attached hydrogen (secondary N) is 1. The second kappa shape index (κ2) is 76.8. The molecule has 6 nitrogen and oxygen atoms in total. The first-order valence-electron chi connectivity index (χ1n) is 40.1. The topological polar surface area (TPSA) is 95.9 Å². The quantitative estimate of drug-likeness (QED) is 0.0320. The Kier molecular flexibility index (Phi) is 75.3. The Morgan fingerprint density at radius 2 is 0.575 bits per heavy atom. The summed E-state index contributed by atoms with van der Waals surface area (Å²) in [6, 6.07) is -0.539. The molecule has 0 aliphatic carbocycles. The van der Waals surface area contributed by atoms with Crippen molar-refractivity contribution in [3.05, 3.63) is 24.3 Å². The lowest BCUT2D eigenvalue weighted by Crippen LogP contribution is -2.45. The molecule has 0 saturated carbocycles. The van der Waals surface area contributed by atoms with Crippen molar-refractivity contribution in [3.8, 4) is 0 Å². The molecule has 0 heterocycles. The zero-order valence-corrected chi connectivity index (χ0v) is 59.3. The Bertz CT molecular complexity index is 1360. The van der Waals surface area contributed by atoms with Crippen LogP contribution in [0.1, 0.15) is 457 Å². The maximum absolute atomic E-state index is 12.5. The zero-order chi connectivity index (χ0) is 62.8. The third-order valence-corrected chi connectivity index (χ3v) is 19.0. The normalized spacial score (nSPS) is 12.6. The first-order valence-corrected chi connectivity index (χ1v) is 40.1. The van der Waals surface area contributed by atoms with Crippen molar-refractivity contribution < 1.29 is 24.5 Å². The van der Waals surface area contributed by atoms with E-state index in [1.807, 2.05) is 0 Å². The van der Waals surface area contributed by atoms with Crippen molar-refractivity contribution in [1.82, 2.24) is 5.32 Å². The van der Waals surface area contributed by atoms with Gasteiger partial charge in [-0.2, -0.15) is 0 Å². The van der Waals surface area contributed by atoms with Crippen LogP contribution >= 0.6 is 0 Å². The SMILES string of the molecule is CCCCCCCCCCCCCCCCCCCC(O)C(CO)NC(=O)CCCCCCCCCCCCCCCCCCC/C=C\C/C=C\CCCCCCCCCCCCCCCOC(=O)CCCCCCCCCCCCCCCCCC. The van der Waals surface area contributed by atoms with E-state index < -0.39 is 12.1 Å². The molecule has 1 amide bonds. The summed E-state index contributed by atoms with van der Waals surface area (Å²) in [7, 11) is 0. The summed E-state index contributed by atoms with van der Waals surface area (Å²) < 4.78 is 5.51.